The molecule has 3 heterocycles. The van der Waals surface area contributed by atoms with Crippen molar-refractivity contribution in [1.29, 1.82) is 0 Å². The fourth-order valence-corrected chi connectivity index (χ4v) is 5.20. The normalized spacial score (nSPS) is 12.2. The highest BCUT2D eigenvalue weighted by atomic mass is 32.1. The van der Waals surface area contributed by atoms with Crippen LogP contribution in [0.15, 0.2) is 85.5 Å². The van der Waals surface area contributed by atoms with Crippen LogP contribution in [0.4, 0.5) is 5.69 Å². The van der Waals surface area contributed by atoms with Crippen molar-refractivity contribution in [2.75, 3.05) is 21.3 Å². The molecule has 0 atom stereocenters. The molecule has 10 nitrogen and oxygen atoms in total. The third-order valence-electron chi connectivity index (χ3n) is 6.50. The molecule has 0 N–H and O–H groups in total. The zero-order valence-corrected chi connectivity index (χ0v) is 23.9. The van der Waals surface area contributed by atoms with E-state index in [4.69, 9.17) is 28.7 Å². The lowest BCUT2D eigenvalue weighted by Crippen LogP contribution is -2.20. The van der Waals surface area contributed by atoms with Crippen molar-refractivity contribution in [1.82, 2.24) is 14.0 Å². The van der Waals surface area contributed by atoms with Gasteiger partial charge < -0.3 is 18.6 Å². The molecule has 0 aliphatic rings. The lowest BCUT2D eigenvalue weighted by molar-refractivity contribution is 0.324. The molecule has 0 aliphatic carbocycles. The summed E-state index contributed by atoms with van der Waals surface area (Å²) < 4.78 is 27.3. The molecule has 5 aromatic rings. The van der Waals surface area contributed by atoms with Crippen molar-refractivity contribution in [2.45, 2.75) is 13.8 Å². The first-order chi connectivity index (χ1) is 19.4. The Hall–Kier alpha value is -4.77. The molecule has 0 fully saturated rings. The predicted molar refractivity (Wildman–Crippen MR) is 155 cm³/mol. The van der Waals surface area contributed by atoms with E-state index in [1.54, 1.807) is 47.7 Å². The number of hydrogen-bond acceptors (Lipinski definition) is 8. The summed E-state index contributed by atoms with van der Waals surface area (Å²) in [5.41, 5.74) is 3.67. The number of methoxy groups -OCH3 is 3. The number of hydrogen-bond donors (Lipinski definition) is 0. The van der Waals surface area contributed by atoms with Crippen molar-refractivity contribution < 1.29 is 18.6 Å². The molecule has 0 unspecified atom stereocenters. The van der Waals surface area contributed by atoms with Crippen molar-refractivity contribution in [2.24, 2.45) is 17.1 Å². The Morgan fingerprint density at radius 1 is 0.975 bits per heavy atom. The maximum Gasteiger partial charge on any atom is 0.297 e. The second-order valence-electron chi connectivity index (χ2n) is 8.81. The zero-order valence-electron chi connectivity index (χ0n) is 23.0. The van der Waals surface area contributed by atoms with Crippen LogP contribution in [0.1, 0.15) is 18.4 Å². The van der Waals surface area contributed by atoms with Crippen LogP contribution in [-0.4, -0.2) is 41.1 Å². The molecule has 11 heteroatoms. The molecule has 0 amide bonds. The quantitative estimate of drug-likeness (QED) is 0.245. The number of thiazole rings is 1. The fourth-order valence-electron chi connectivity index (χ4n) is 4.36. The standard InChI is InChI=1S/C29H29N5O5S/c1-18(23-13-10-14-39-23)31-33-22(20-15-24(36-4)27(38-6)25(16-20)37-5)17-40-29(33)30-26-19(2)32(3)34(28(26)35)21-11-8-7-9-12-21/h7-17H,1-6H3. The van der Waals surface area contributed by atoms with E-state index in [2.05, 4.69) is 0 Å². The molecular weight excluding hydrogens is 530 g/mol. The van der Waals surface area contributed by atoms with Gasteiger partial charge in [0.15, 0.2) is 17.2 Å². The van der Waals surface area contributed by atoms with E-state index >= 15 is 0 Å². The van der Waals surface area contributed by atoms with Gasteiger partial charge in [0.25, 0.3) is 5.56 Å². The Morgan fingerprint density at radius 2 is 1.68 bits per heavy atom. The van der Waals surface area contributed by atoms with Crippen molar-refractivity contribution in [3.05, 3.63) is 92.8 Å². The Morgan fingerprint density at radius 3 is 2.27 bits per heavy atom. The van der Waals surface area contributed by atoms with E-state index in [0.717, 1.165) is 16.9 Å². The summed E-state index contributed by atoms with van der Waals surface area (Å²) in [7, 11) is 6.53. The number of ether oxygens (including phenoxy) is 3. The van der Waals surface area contributed by atoms with Gasteiger partial charge >= 0.3 is 0 Å². The van der Waals surface area contributed by atoms with Crippen LogP contribution in [0.2, 0.25) is 0 Å². The number of aromatic nitrogens is 3. The minimum absolute atomic E-state index is 0.229. The smallest absolute Gasteiger partial charge is 0.297 e. The number of rotatable bonds is 8. The average molecular weight is 560 g/mol. The largest absolute Gasteiger partial charge is 0.493 e. The van der Waals surface area contributed by atoms with Crippen LogP contribution >= 0.6 is 11.3 Å². The van der Waals surface area contributed by atoms with Gasteiger partial charge in [0.05, 0.1) is 44.7 Å². The number of para-hydroxylation sites is 1. The molecule has 5 rings (SSSR count). The van der Waals surface area contributed by atoms with Gasteiger partial charge in [0.2, 0.25) is 10.6 Å². The van der Waals surface area contributed by atoms with Crippen LogP contribution in [0.3, 0.4) is 0 Å². The Labute approximate surface area is 234 Å². The third-order valence-corrected chi connectivity index (χ3v) is 7.32. The van der Waals surface area contributed by atoms with Crippen LogP contribution in [0, 0.1) is 6.92 Å². The molecule has 0 bridgehead atoms. The topological polar surface area (TPSA) is 97.4 Å². The van der Waals surface area contributed by atoms with Crippen LogP contribution in [-0.2, 0) is 7.05 Å². The Bertz CT molecular complexity index is 1780. The van der Waals surface area contributed by atoms with Gasteiger partial charge in [-0.3, -0.25) is 9.48 Å². The summed E-state index contributed by atoms with van der Waals surface area (Å²) in [5.74, 6) is 2.11. The molecule has 2 aromatic carbocycles. The maximum atomic E-state index is 13.6. The second kappa shape index (κ2) is 11.1. The summed E-state index contributed by atoms with van der Waals surface area (Å²) in [6.45, 7) is 3.72. The van der Waals surface area contributed by atoms with Gasteiger partial charge in [-0.2, -0.15) is 5.10 Å². The highest BCUT2D eigenvalue weighted by Crippen LogP contribution is 2.41. The Balaban J connectivity index is 1.76. The minimum Gasteiger partial charge on any atom is -0.493 e. The van der Waals surface area contributed by atoms with E-state index in [1.165, 1.54) is 11.3 Å². The van der Waals surface area contributed by atoms with E-state index in [1.807, 2.05) is 74.8 Å². The summed E-state index contributed by atoms with van der Waals surface area (Å²) in [4.78, 5) is 18.9. The molecule has 206 valence electrons. The van der Waals surface area contributed by atoms with Gasteiger partial charge in [-0.05, 0) is 50.2 Å². The number of nitrogens with zero attached hydrogens (tertiary/aromatic N) is 5. The zero-order chi connectivity index (χ0) is 28.4. The van der Waals surface area contributed by atoms with Gasteiger partial charge in [0, 0.05) is 18.0 Å². The first kappa shape index (κ1) is 26.8. The molecule has 0 spiro atoms. The molecule has 0 saturated carbocycles. The van der Waals surface area contributed by atoms with Crippen LogP contribution in [0.5, 0.6) is 17.2 Å². The lowest BCUT2D eigenvalue weighted by Gasteiger charge is -2.14. The summed E-state index contributed by atoms with van der Waals surface area (Å²) in [5, 5.41) is 6.79. The van der Waals surface area contributed by atoms with Gasteiger partial charge in [0.1, 0.15) is 11.5 Å². The molecule has 3 aromatic heterocycles. The molecule has 40 heavy (non-hydrogen) atoms. The van der Waals surface area contributed by atoms with Gasteiger partial charge in [-0.15, -0.1) is 11.3 Å². The summed E-state index contributed by atoms with van der Waals surface area (Å²) >= 11 is 1.36. The summed E-state index contributed by atoms with van der Waals surface area (Å²) in [6.07, 6.45) is 1.59. The van der Waals surface area contributed by atoms with Crippen molar-refractivity contribution >= 4 is 22.7 Å². The monoisotopic (exact) mass is 559 g/mol. The number of benzene rings is 2. The van der Waals surface area contributed by atoms with E-state index in [-0.39, 0.29) is 5.56 Å². The summed E-state index contributed by atoms with van der Waals surface area (Å²) in [6, 6.07) is 16.8. The SMILES string of the molecule is COc1cc(-c2csc(=Nc3c(C)n(C)n(-c4ccccc4)c3=O)n2N=C(C)c2ccco2)cc(OC)c1OC. The maximum absolute atomic E-state index is 13.6. The molecule has 0 aliphatic heterocycles. The Kier molecular flexibility index (Phi) is 7.47. The highest BCUT2D eigenvalue weighted by molar-refractivity contribution is 7.07. The van der Waals surface area contributed by atoms with Crippen LogP contribution in [0.25, 0.3) is 16.9 Å². The van der Waals surface area contributed by atoms with E-state index < -0.39 is 0 Å². The molecule has 0 radical (unpaired) electrons. The van der Waals surface area contributed by atoms with Crippen LogP contribution < -0.4 is 24.6 Å². The third kappa shape index (κ3) is 4.75. The first-order valence-corrected chi connectivity index (χ1v) is 13.2. The van der Waals surface area contributed by atoms with Crippen molar-refractivity contribution in [3.63, 3.8) is 0 Å². The fraction of sp³-hybridized carbons (Fsp3) is 0.207. The highest BCUT2D eigenvalue weighted by Gasteiger charge is 2.19. The number of furan rings is 1. The van der Waals surface area contributed by atoms with E-state index in [9.17, 15) is 4.79 Å². The second-order valence-corrected chi connectivity index (χ2v) is 9.65. The predicted octanol–water partition coefficient (Wildman–Crippen LogP) is 5.14. The van der Waals surface area contributed by atoms with Gasteiger partial charge in [-0.1, -0.05) is 18.2 Å². The lowest BCUT2D eigenvalue weighted by atomic mass is 10.1. The molecule has 0 saturated heterocycles. The van der Waals surface area contributed by atoms with E-state index in [0.29, 0.717) is 44.9 Å². The van der Waals surface area contributed by atoms with Crippen molar-refractivity contribution in [3.8, 4) is 34.2 Å². The minimum atomic E-state index is -0.229. The van der Waals surface area contributed by atoms with Gasteiger partial charge in [-0.25, -0.2) is 14.4 Å². The molecular formula is C29H29N5O5S. The average Bonchev–Trinajstić information content (AvgIpc) is 3.70. The first-order valence-electron chi connectivity index (χ1n) is 12.4.